The molecule has 1 heterocycles. The van der Waals surface area contributed by atoms with Gasteiger partial charge in [0.25, 0.3) is 5.91 Å². The van der Waals surface area contributed by atoms with Crippen LogP contribution in [0.2, 0.25) is 10.0 Å². The quantitative estimate of drug-likeness (QED) is 0.567. The fourth-order valence-corrected chi connectivity index (χ4v) is 4.00. The largest absolute Gasteiger partial charge is 0.383 e. The predicted octanol–water partition coefficient (Wildman–Crippen LogP) is 5.13. The molecule has 0 spiro atoms. The van der Waals surface area contributed by atoms with Crippen molar-refractivity contribution in [3.63, 3.8) is 0 Å². The molecule has 0 fully saturated rings. The number of hydrazone groups is 1. The van der Waals surface area contributed by atoms with E-state index < -0.39 is 5.54 Å². The third kappa shape index (κ3) is 6.72. The molecule has 3 rings (SSSR count). The molecule has 0 bridgehead atoms. The number of rotatable bonds is 7. The molecule has 0 saturated heterocycles. The summed E-state index contributed by atoms with van der Waals surface area (Å²) in [6.45, 7) is 6.09. The van der Waals surface area contributed by atoms with E-state index in [1.165, 1.54) is 9.91 Å². The number of ether oxygens (including phenoxy) is 1. The second-order valence-electron chi connectivity index (χ2n) is 9.13. The van der Waals surface area contributed by atoms with Crippen LogP contribution in [0.1, 0.15) is 44.4 Å². The van der Waals surface area contributed by atoms with Gasteiger partial charge in [-0.15, -0.1) is 0 Å². The standard InChI is InChI=1S/C25H30Cl2N4O3/c1-25(2,3)28-24(33)30(13-14-34-4)16-23(32)31-22(17-9-11-18(26)12-10-17)15-21(29-31)19-7-5-6-8-20(19)27/h5-12,22H,13-16H2,1-4H3,(H,28,33)/t22-/m1/s1. The van der Waals surface area contributed by atoms with Crippen LogP contribution >= 0.6 is 23.2 Å². The SMILES string of the molecule is COCCN(CC(=O)N1N=C(c2ccccc2Cl)C[C@@H]1c1ccc(Cl)cc1)C(=O)NC(C)(C)C. The molecule has 0 saturated carbocycles. The summed E-state index contributed by atoms with van der Waals surface area (Å²) in [6.07, 6.45) is 0.489. The van der Waals surface area contributed by atoms with Gasteiger partial charge in [-0.05, 0) is 44.5 Å². The first-order valence-corrected chi connectivity index (χ1v) is 11.8. The van der Waals surface area contributed by atoms with Gasteiger partial charge in [-0.1, -0.05) is 53.5 Å². The average Bonchev–Trinajstić information content (AvgIpc) is 3.21. The highest BCUT2D eigenvalue weighted by Crippen LogP contribution is 2.35. The number of carbonyl (C=O) groups excluding carboxylic acids is 2. The minimum Gasteiger partial charge on any atom is -0.383 e. The van der Waals surface area contributed by atoms with E-state index in [1.54, 1.807) is 25.3 Å². The number of carbonyl (C=O) groups is 2. The summed E-state index contributed by atoms with van der Waals surface area (Å²) in [4.78, 5) is 27.8. The molecule has 1 N–H and O–H groups in total. The first kappa shape index (κ1) is 26.0. The van der Waals surface area contributed by atoms with Gasteiger partial charge < -0.3 is 15.0 Å². The number of nitrogens with zero attached hydrogens (tertiary/aromatic N) is 3. The number of benzene rings is 2. The smallest absolute Gasteiger partial charge is 0.318 e. The van der Waals surface area contributed by atoms with Gasteiger partial charge >= 0.3 is 6.03 Å². The number of urea groups is 1. The van der Waals surface area contributed by atoms with E-state index in [0.29, 0.717) is 28.8 Å². The molecule has 1 aliphatic rings. The van der Waals surface area contributed by atoms with Crippen LogP contribution in [-0.2, 0) is 9.53 Å². The Morgan fingerprint density at radius 1 is 1.15 bits per heavy atom. The number of hydrogen-bond donors (Lipinski definition) is 1. The second kappa shape index (κ2) is 11.2. The van der Waals surface area contributed by atoms with E-state index in [4.69, 9.17) is 27.9 Å². The van der Waals surface area contributed by atoms with Crippen molar-refractivity contribution in [1.29, 1.82) is 0 Å². The lowest BCUT2D eigenvalue weighted by Gasteiger charge is -2.30. The molecule has 0 radical (unpaired) electrons. The number of nitrogens with one attached hydrogen (secondary N) is 1. The van der Waals surface area contributed by atoms with Gasteiger partial charge in [0, 0.05) is 41.2 Å². The zero-order chi connectivity index (χ0) is 24.9. The van der Waals surface area contributed by atoms with Gasteiger partial charge in [0.1, 0.15) is 6.54 Å². The fraction of sp³-hybridized carbons (Fsp3) is 0.400. The third-order valence-electron chi connectivity index (χ3n) is 5.27. The number of halogens is 2. The van der Waals surface area contributed by atoms with Crippen LogP contribution in [-0.4, -0.2) is 59.9 Å². The van der Waals surface area contributed by atoms with Crippen molar-refractivity contribution in [2.24, 2.45) is 5.10 Å². The molecule has 0 aliphatic carbocycles. The van der Waals surface area contributed by atoms with Crippen LogP contribution in [0.5, 0.6) is 0 Å². The van der Waals surface area contributed by atoms with Crippen LogP contribution in [0.25, 0.3) is 0 Å². The van der Waals surface area contributed by atoms with Gasteiger partial charge in [0.15, 0.2) is 0 Å². The zero-order valence-corrected chi connectivity index (χ0v) is 21.4. The van der Waals surface area contributed by atoms with Crippen LogP contribution in [0.3, 0.4) is 0 Å². The Balaban J connectivity index is 1.90. The van der Waals surface area contributed by atoms with Crippen molar-refractivity contribution in [2.75, 3.05) is 26.8 Å². The summed E-state index contributed by atoms with van der Waals surface area (Å²) in [5, 5.41) is 10.2. The molecule has 1 atom stereocenters. The summed E-state index contributed by atoms with van der Waals surface area (Å²) in [7, 11) is 1.55. The Kier molecular flexibility index (Phi) is 8.57. The van der Waals surface area contributed by atoms with Gasteiger partial charge in [0.05, 0.1) is 18.4 Å². The summed E-state index contributed by atoms with van der Waals surface area (Å²) >= 11 is 12.5. The molecule has 9 heteroatoms. The lowest BCUT2D eigenvalue weighted by Crippen LogP contribution is -2.52. The maximum atomic E-state index is 13.5. The van der Waals surface area contributed by atoms with E-state index in [0.717, 1.165) is 11.1 Å². The molecule has 3 amide bonds. The lowest BCUT2D eigenvalue weighted by atomic mass is 9.98. The summed E-state index contributed by atoms with van der Waals surface area (Å²) in [5.74, 6) is -0.304. The molecule has 1 aliphatic heterocycles. The van der Waals surface area contributed by atoms with E-state index in [2.05, 4.69) is 10.4 Å². The van der Waals surface area contributed by atoms with Crippen LogP contribution < -0.4 is 5.32 Å². The average molecular weight is 505 g/mol. The second-order valence-corrected chi connectivity index (χ2v) is 9.97. The van der Waals surface area contributed by atoms with E-state index >= 15 is 0 Å². The molecule has 7 nitrogen and oxygen atoms in total. The van der Waals surface area contributed by atoms with Crippen molar-refractivity contribution in [1.82, 2.24) is 15.2 Å². The Hall–Kier alpha value is -2.61. The number of amides is 3. The Morgan fingerprint density at radius 3 is 2.44 bits per heavy atom. The molecule has 2 aromatic rings. The summed E-state index contributed by atoms with van der Waals surface area (Å²) in [5.41, 5.74) is 1.94. The number of methoxy groups -OCH3 is 1. The molecular weight excluding hydrogens is 475 g/mol. The predicted molar refractivity (Wildman–Crippen MR) is 135 cm³/mol. The van der Waals surface area contributed by atoms with Crippen LogP contribution in [0.4, 0.5) is 4.79 Å². The third-order valence-corrected chi connectivity index (χ3v) is 5.85. The van der Waals surface area contributed by atoms with Crippen molar-refractivity contribution in [3.05, 3.63) is 69.7 Å². The molecule has 0 aromatic heterocycles. The first-order chi connectivity index (χ1) is 16.1. The molecule has 34 heavy (non-hydrogen) atoms. The van der Waals surface area contributed by atoms with Crippen LogP contribution in [0.15, 0.2) is 53.6 Å². The van der Waals surface area contributed by atoms with Crippen molar-refractivity contribution in [2.45, 2.75) is 38.8 Å². The van der Waals surface area contributed by atoms with Crippen molar-refractivity contribution >= 4 is 40.9 Å². The molecule has 182 valence electrons. The van der Waals surface area contributed by atoms with E-state index in [-0.39, 0.29) is 31.1 Å². The summed E-state index contributed by atoms with van der Waals surface area (Å²) in [6, 6.07) is 14.1. The highest BCUT2D eigenvalue weighted by atomic mass is 35.5. The van der Waals surface area contributed by atoms with Gasteiger partial charge in [0.2, 0.25) is 0 Å². The van der Waals surface area contributed by atoms with E-state index in [1.807, 2.05) is 51.1 Å². The highest BCUT2D eigenvalue weighted by Gasteiger charge is 2.35. The first-order valence-electron chi connectivity index (χ1n) is 11.0. The van der Waals surface area contributed by atoms with Crippen LogP contribution in [0, 0.1) is 0 Å². The minimum atomic E-state index is -0.444. The van der Waals surface area contributed by atoms with Gasteiger partial charge in [-0.25, -0.2) is 9.80 Å². The maximum Gasteiger partial charge on any atom is 0.318 e. The van der Waals surface area contributed by atoms with Crippen molar-refractivity contribution < 1.29 is 14.3 Å². The molecule has 0 unspecified atom stereocenters. The normalized spacial score (nSPS) is 15.8. The highest BCUT2D eigenvalue weighted by molar-refractivity contribution is 6.34. The summed E-state index contributed by atoms with van der Waals surface area (Å²) < 4.78 is 5.15. The monoisotopic (exact) mass is 504 g/mol. The maximum absolute atomic E-state index is 13.5. The van der Waals surface area contributed by atoms with Crippen molar-refractivity contribution in [3.8, 4) is 0 Å². The van der Waals surface area contributed by atoms with Gasteiger partial charge in [-0.3, -0.25) is 4.79 Å². The fourth-order valence-electron chi connectivity index (χ4n) is 3.63. The Bertz CT molecular complexity index is 1050. The lowest BCUT2D eigenvalue weighted by molar-refractivity contribution is -0.133. The number of hydrogen-bond acceptors (Lipinski definition) is 4. The van der Waals surface area contributed by atoms with Gasteiger partial charge in [-0.2, -0.15) is 5.10 Å². The Morgan fingerprint density at radius 2 is 1.82 bits per heavy atom. The minimum absolute atomic E-state index is 0.144. The molecular formula is C25H30Cl2N4O3. The topological polar surface area (TPSA) is 74.2 Å². The van der Waals surface area contributed by atoms with E-state index in [9.17, 15) is 9.59 Å². The Labute approximate surface area is 210 Å². The zero-order valence-electron chi connectivity index (χ0n) is 19.8. The molecule has 2 aromatic carbocycles.